The molecule has 144 valence electrons. The molecule has 3 atom stereocenters. The lowest BCUT2D eigenvalue weighted by atomic mass is 9.82. The highest BCUT2D eigenvalue weighted by Gasteiger charge is 2.36. The molecule has 0 saturated carbocycles. The van der Waals surface area contributed by atoms with Gasteiger partial charge in [-0.25, -0.2) is 0 Å². The molecule has 1 N–H and O–H groups in total. The third-order valence-electron chi connectivity index (χ3n) is 6.49. The van der Waals surface area contributed by atoms with Crippen molar-refractivity contribution in [2.24, 2.45) is 5.92 Å². The molecular formula is C24H26ClN3. The van der Waals surface area contributed by atoms with Crippen molar-refractivity contribution < 1.29 is 0 Å². The molecule has 4 heterocycles. The van der Waals surface area contributed by atoms with Crippen molar-refractivity contribution in [2.75, 3.05) is 13.1 Å². The summed E-state index contributed by atoms with van der Waals surface area (Å²) in [5.74, 6) is 1.43. The summed E-state index contributed by atoms with van der Waals surface area (Å²) in [5, 5.41) is 0.766. The van der Waals surface area contributed by atoms with E-state index in [0.29, 0.717) is 5.92 Å². The Morgan fingerprint density at radius 3 is 2.79 bits per heavy atom. The van der Waals surface area contributed by atoms with Crippen LogP contribution >= 0.6 is 11.6 Å². The van der Waals surface area contributed by atoms with E-state index in [2.05, 4.69) is 46.2 Å². The maximum atomic E-state index is 6.29. The molecule has 2 fully saturated rings. The van der Waals surface area contributed by atoms with Crippen LogP contribution in [0, 0.1) is 5.92 Å². The average molecular weight is 392 g/mol. The highest BCUT2D eigenvalue weighted by molar-refractivity contribution is 6.30. The zero-order chi connectivity index (χ0) is 19.1. The van der Waals surface area contributed by atoms with Crippen LogP contribution in [0.25, 0.3) is 22.4 Å². The van der Waals surface area contributed by atoms with Crippen LogP contribution in [0.5, 0.6) is 0 Å². The fourth-order valence-corrected chi connectivity index (χ4v) is 5.46. The first-order valence-corrected chi connectivity index (χ1v) is 10.7. The lowest BCUT2D eigenvalue weighted by molar-refractivity contribution is 0.180. The van der Waals surface area contributed by atoms with E-state index in [1.165, 1.54) is 49.0 Å². The fraction of sp³-hybridized carbons (Fsp3) is 0.375. The van der Waals surface area contributed by atoms with Crippen molar-refractivity contribution in [3.8, 4) is 22.4 Å². The van der Waals surface area contributed by atoms with Gasteiger partial charge in [0.25, 0.3) is 0 Å². The highest BCUT2D eigenvalue weighted by atomic mass is 35.5. The molecule has 5 rings (SSSR count). The predicted octanol–water partition coefficient (Wildman–Crippen LogP) is 5.98. The summed E-state index contributed by atoms with van der Waals surface area (Å²) < 4.78 is 0. The average Bonchev–Trinajstić information content (AvgIpc) is 3.30. The maximum absolute atomic E-state index is 6.29. The van der Waals surface area contributed by atoms with Gasteiger partial charge in [-0.3, -0.25) is 4.98 Å². The van der Waals surface area contributed by atoms with Crippen molar-refractivity contribution in [3.63, 3.8) is 0 Å². The van der Waals surface area contributed by atoms with Crippen molar-refractivity contribution in [1.82, 2.24) is 14.9 Å². The largest absolute Gasteiger partial charge is 0.360 e. The Bertz CT molecular complexity index is 965. The standard InChI is InChI=1S/C24H26ClN3/c1-16-11-21-13-18(7-10-28(21)15-16)22-14-27-24(19-3-2-4-20(25)12-19)23(22)17-5-8-26-9-6-17/h2-6,8-9,12,14,16,18,21,27H,7,10-11,13,15H2,1H3. The van der Waals surface area contributed by atoms with E-state index in [-0.39, 0.29) is 0 Å². The monoisotopic (exact) mass is 391 g/mol. The zero-order valence-electron chi connectivity index (χ0n) is 16.2. The van der Waals surface area contributed by atoms with Crippen molar-refractivity contribution in [1.29, 1.82) is 0 Å². The number of benzene rings is 1. The number of halogens is 1. The predicted molar refractivity (Wildman–Crippen MR) is 116 cm³/mol. The number of piperidine rings is 1. The Labute approximate surface area is 171 Å². The lowest BCUT2D eigenvalue weighted by Gasteiger charge is -2.35. The van der Waals surface area contributed by atoms with Gasteiger partial charge >= 0.3 is 0 Å². The van der Waals surface area contributed by atoms with Crippen LogP contribution in [0.3, 0.4) is 0 Å². The molecule has 3 nitrogen and oxygen atoms in total. The number of aromatic nitrogens is 2. The molecule has 2 saturated heterocycles. The molecule has 0 radical (unpaired) electrons. The smallest absolute Gasteiger partial charge is 0.0537 e. The van der Waals surface area contributed by atoms with E-state index in [1.807, 2.05) is 30.6 Å². The zero-order valence-corrected chi connectivity index (χ0v) is 17.0. The van der Waals surface area contributed by atoms with Crippen LogP contribution in [0.2, 0.25) is 5.02 Å². The molecule has 3 unspecified atom stereocenters. The topological polar surface area (TPSA) is 31.9 Å². The van der Waals surface area contributed by atoms with E-state index in [4.69, 9.17) is 11.6 Å². The van der Waals surface area contributed by atoms with Crippen molar-refractivity contribution in [3.05, 3.63) is 65.6 Å². The lowest BCUT2D eigenvalue weighted by Crippen LogP contribution is -2.37. The number of hydrogen-bond donors (Lipinski definition) is 1. The second kappa shape index (κ2) is 7.38. The van der Waals surface area contributed by atoms with Gasteiger partial charge in [-0.1, -0.05) is 30.7 Å². The summed E-state index contributed by atoms with van der Waals surface area (Å²) in [6, 6.07) is 13.1. The van der Waals surface area contributed by atoms with E-state index in [1.54, 1.807) is 0 Å². The molecule has 3 aromatic rings. The highest BCUT2D eigenvalue weighted by Crippen LogP contribution is 2.44. The Balaban J connectivity index is 1.57. The van der Waals surface area contributed by atoms with Gasteiger partial charge in [0.05, 0.1) is 5.69 Å². The van der Waals surface area contributed by atoms with Gasteiger partial charge in [0.1, 0.15) is 0 Å². The first-order chi connectivity index (χ1) is 13.7. The van der Waals surface area contributed by atoms with Crippen LogP contribution in [-0.2, 0) is 0 Å². The minimum Gasteiger partial charge on any atom is -0.360 e. The van der Waals surface area contributed by atoms with Crippen LogP contribution in [0.1, 0.15) is 37.7 Å². The van der Waals surface area contributed by atoms with E-state index in [9.17, 15) is 0 Å². The Kier molecular flexibility index (Phi) is 4.73. The van der Waals surface area contributed by atoms with E-state index < -0.39 is 0 Å². The third kappa shape index (κ3) is 3.27. The molecule has 2 aliphatic rings. The molecule has 0 aliphatic carbocycles. The number of pyridine rings is 1. The number of rotatable bonds is 3. The van der Waals surface area contributed by atoms with Crippen LogP contribution < -0.4 is 0 Å². The second-order valence-corrected chi connectivity index (χ2v) is 8.89. The number of nitrogens with zero attached hydrogens (tertiary/aromatic N) is 2. The quantitative estimate of drug-likeness (QED) is 0.595. The van der Waals surface area contributed by atoms with Gasteiger partial charge in [-0.2, -0.15) is 0 Å². The van der Waals surface area contributed by atoms with Gasteiger partial charge in [-0.15, -0.1) is 0 Å². The molecule has 28 heavy (non-hydrogen) atoms. The van der Waals surface area contributed by atoms with Gasteiger partial charge in [0.2, 0.25) is 0 Å². The Morgan fingerprint density at radius 2 is 1.96 bits per heavy atom. The molecule has 4 heteroatoms. The van der Waals surface area contributed by atoms with Crippen molar-refractivity contribution in [2.45, 2.75) is 38.1 Å². The van der Waals surface area contributed by atoms with Crippen molar-refractivity contribution >= 4 is 11.6 Å². The first kappa shape index (κ1) is 18.0. The minimum absolute atomic E-state index is 0.596. The maximum Gasteiger partial charge on any atom is 0.0537 e. The third-order valence-corrected chi connectivity index (χ3v) is 6.73. The summed E-state index contributed by atoms with van der Waals surface area (Å²) in [7, 11) is 0. The Hall–Kier alpha value is -2.10. The number of aromatic amines is 1. The number of H-pyrrole nitrogens is 1. The first-order valence-electron chi connectivity index (χ1n) is 10.3. The molecule has 0 spiro atoms. The summed E-state index contributed by atoms with van der Waals surface area (Å²) in [6.07, 6.45) is 9.84. The van der Waals surface area contributed by atoms with Crippen LogP contribution in [-0.4, -0.2) is 34.0 Å². The van der Waals surface area contributed by atoms with Crippen LogP contribution in [0.4, 0.5) is 0 Å². The summed E-state index contributed by atoms with van der Waals surface area (Å²) in [4.78, 5) is 10.5. The molecular weight excluding hydrogens is 366 g/mol. The minimum atomic E-state index is 0.596. The van der Waals surface area contributed by atoms with Gasteiger partial charge in [0, 0.05) is 47.3 Å². The number of hydrogen-bond acceptors (Lipinski definition) is 2. The number of fused-ring (bicyclic) bond motifs is 1. The van der Waals surface area contributed by atoms with Crippen LogP contribution in [0.15, 0.2) is 55.0 Å². The fourth-order valence-electron chi connectivity index (χ4n) is 5.27. The molecule has 0 amide bonds. The normalized spacial score (nSPS) is 25.0. The van der Waals surface area contributed by atoms with Gasteiger partial charge < -0.3 is 9.88 Å². The molecule has 2 aromatic heterocycles. The van der Waals surface area contributed by atoms with E-state index in [0.717, 1.165) is 28.2 Å². The van der Waals surface area contributed by atoms with Gasteiger partial charge in [0.15, 0.2) is 0 Å². The van der Waals surface area contributed by atoms with Gasteiger partial charge in [-0.05, 0) is 73.0 Å². The summed E-state index contributed by atoms with van der Waals surface area (Å²) >= 11 is 6.29. The Morgan fingerprint density at radius 1 is 1.11 bits per heavy atom. The second-order valence-electron chi connectivity index (χ2n) is 8.45. The molecule has 0 bridgehead atoms. The molecule has 2 aliphatic heterocycles. The summed E-state index contributed by atoms with van der Waals surface area (Å²) in [6.45, 7) is 4.88. The van der Waals surface area contributed by atoms with E-state index >= 15 is 0 Å². The SMILES string of the molecule is CC1CC2CC(c3c[nH]c(-c4cccc(Cl)c4)c3-c3ccncc3)CCN2C1. The summed E-state index contributed by atoms with van der Waals surface area (Å²) in [5.41, 5.74) is 6.28. The number of nitrogens with one attached hydrogen (secondary N) is 1. The molecule has 1 aromatic carbocycles.